The van der Waals surface area contributed by atoms with Crippen molar-refractivity contribution in [2.24, 2.45) is 11.8 Å². The molecule has 5 rings (SSSR count). The number of hydrogen-bond acceptors (Lipinski definition) is 4. The van der Waals surface area contributed by atoms with Gasteiger partial charge in [-0.2, -0.15) is 4.85 Å². The van der Waals surface area contributed by atoms with Crippen LogP contribution >= 0.6 is 22.7 Å². The lowest BCUT2D eigenvalue weighted by atomic mass is 9.86. The molecule has 0 saturated carbocycles. The van der Waals surface area contributed by atoms with Crippen molar-refractivity contribution in [3.8, 4) is 21.3 Å². The first-order valence-electron chi connectivity index (χ1n) is 23.5. The third-order valence-corrected chi connectivity index (χ3v) is 15.0. The number of fused-ring (bicyclic) bond motifs is 2. The van der Waals surface area contributed by atoms with Crippen LogP contribution in [-0.2, 0) is 12.8 Å². The van der Waals surface area contributed by atoms with E-state index in [-0.39, 0.29) is 0 Å². The van der Waals surface area contributed by atoms with Crippen molar-refractivity contribution in [2.75, 3.05) is 0 Å². The smallest absolute Gasteiger partial charge is 0.346 e. The highest BCUT2D eigenvalue weighted by atomic mass is 32.1. The Morgan fingerprint density at radius 2 is 0.912 bits per heavy atom. The van der Waals surface area contributed by atoms with Gasteiger partial charge < -0.3 is 8.83 Å². The number of thiophene rings is 2. The fourth-order valence-corrected chi connectivity index (χ4v) is 11.6. The molecule has 2 atom stereocenters. The van der Waals surface area contributed by atoms with Crippen molar-refractivity contribution < 1.29 is 8.83 Å². The molecule has 0 saturated heterocycles. The summed E-state index contributed by atoms with van der Waals surface area (Å²) in [5, 5.41) is 2.87. The summed E-state index contributed by atoms with van der Waals surface area (Å²) in [4.78, 5) is 6.02. The lowest BCUT2D eigenvalue weighted by Crippen LogP contribution is -2.05. The minimum absolute atomic E-state index is 0.372. The van der Waals surface area contributed by atoms with Crippen LogP contribution in [0.1, 0.15) is 199 Å². The van der Waals surface area contributed by atoms with Gasteiger partial charge in [-0.15, -0.1) is 22.7 Å². The Labute approximate surface area is 355 Å². The topological polar surface area (TPSA) is 30.6 Å². The predicted octanol–water partition coefficient (Wildman–Crippen LogP) is 19.3. The van der Waals surface area contributed by atoms with E-state index < -0.39 is 0 Å². The molecule has 0 bridgehead atoms. The van der Waals surface area contributed by atoms with Crippen LogP contribution in [0.5, 0.6) is 0 Å². The predicted molar refractivity (Wildman–Crippen MR) is 252 cm³/mol. The van der Waals surface area contributed by atoms with Crippen molar-refractivity contribution in [3.05, 3.63) is 64.7 Å². The molecule has 4 heterocycles. The fourth-order valence-electron chi connectivity index (χ4n) is 9.11. The van der Waals surface area contributed by atoms with Crippen LogP contribution in [0, 0.1) is 25.3 Å². The monoisotopic (exact) mass is 810 g/mol. The molecule has 5 aromatic rings. The van der Waals surface area contributed by atoms with Crippen molar-refractivity contribution >= 4 is 48.7 Å². The van der Waals surface area contributed by atoms with E-state index in [0.29, 0.717) is 5.88 Å². The van der Waals surface area contributed by atoms with Gasteiger partial charge in [-0.05, 0) is 103 Å². The Morgan fingerprint density at radius 1 is 0.509 bits per heavy atom. The summed E-state index contributed by atoms with van der Waals surface area (Å²) in [6.07, 6.45) is 34.5. The summed E-state index contributed by atoms with van der Waals surface area (Å²) in [6.45, 7) is 18.9. The van der Waals surface area contributed by atoms with Crippen LogP contribution in [0.4, 0.5) is 5.88 Å². The molecule has 5 heteroatoms. The van der Waals surface area contributed by atoms with E-state index in [1.165, 1.54) is 190 Å². The van der Waals surface area contributed by atoms with E-state index in [9.17, 15) is 0 Å². The lowest BCUT2D eigenvalue weighted by molar-refractivity contribution is 0.383. The zero-order chi connectivity index (χ0) is 40.2. The van der Waals surface area contributed by atoms with Gasteiger partial charge in [0.1, 0.15) is 17.3 Å². The van der Waals surface area contributed by atoms with Crippen LogP contribution in [0.3, 0.4) is 0 Å². The van der Waals surface area contributed by atoms with E-state index in [1.807, 2.05) is 34.8 Å². The maximum atomic E-state index is 7.58. The average Bonchev–Trinajstić information content (AvgIpc) is 4.05. The number of benzene rings is 1. The molecule has 57 heavy (non-hydrogen) atoms. The second-order valence-corrected chi connectivity index (χ2v) is 19.3. The third kappa shape index (κ3) is 13.6. The molecule has 2 unspecified atom stereocenters. The first-order valence-corrected chi connectivity index (χ1v) is 25.2. The van der Waals surface area contributed by atoms with Gasteiger partial charge in [0.05, 0.1) is 16.3 Å². The van der Waals surface area contributed by atoms with Crippen molar-refractivity contribution in [3.63, 3.8) is 0 Å². The highest BCUT2D eigenvalue weighted by Crippen LogP contribution is 2.48. The Hall–Kier alpha value is -2.81. The van der Waals surface area contributed by atoms with Crippen LogP contribution in [0.25, 0.3) is 46.3 Å². The Balaban J connectivity index is 1.52. The lowest BCUT2D eigenvalue weighted by Gasteiger charge is -2.20. The van der Waals surface area contributed by atoms with Gasteiger partial charge in [0.25, 0.3) is 0 Å². The number of rotatable bonds is 30. The molecule has 0 radical (unpaired) electrons. The fraction of sp³-hybridized carbons (Fsp3) is 0.635. The van der Waals surface area contributed by atoms with Gasteiger partial charge >= 0.3 is 5.88 Å². The first-order chi connectivity index (χ1) is 28.0. The van der Waals surface area contributed by atoms with E-state index >= 15 is 0 Å². The second-order valence-electron chi connectivity index (χ2n) is 17.2. The number of unbranched alkanes of at least 4 members (excludes halogenated alkanes) is 14. The molecule has 0 aliphatic rings. The van der Waals surface area contributed by atoms with Crippen molar-refractivity contribution in [1.29, 1.82) is 0 Å². The summed E-state index contributed by atoms with van der Waals surface area (Å²) >= 11 is 3.86. The summed E-state index contributed by atoms with van der Waals surface area (Å²) in [7, 11) is 0. The highest BCUT2D eigenvalue weighted by molar-refractivity contribution is 7.24. The molecule has 0 amide bonds. The van der Waals surface area contributed by atoms with Crippen molar-refractivity contribution in [1.82, 2.24) is 0 Å². The van der Waals surface area contributed by atoms with Gasteiger partial charge in [0, 0.05) is 9.40 Å². The Morgan fingerprint density at radius 3 is 1.33 bits per heavy atom. The maximum Gasteiger partial charge on any atom is 0.346 e. The van der Waals surface area contributed by atoms with E-state index in [4.69, 9.17) is 15.4 Å². The molecule has 0 N–H and O–H groups in total. The second kappa shape index (κ2) is 25.0. The average molecular weight is 810 g/mol. The summed E-state index contributed by atoms with van der Waals surface area (Å²) in [6, 6.07) is 13.0. The van der Waals surface area contributed by atoms with Gasteiger partial charge in [-0.25, -0.2) is 0 Å². The van der Waals surface area contributed by atoms with Crippen LogP contribution in [0.2, 0.25) is 0 Å². The number of furan rings is 2. The molecule has 312 valence electrons. The maximum absolute atomic E-state index is 7.58. The number of nitrogens with zero attached hydrogens (tertiary/aromatic N) is 1. The van der Waals surface area contributed by atoms with Gasteiger partial charge in [0.2, 0.25) is 0 Å². The zero-order valence-corrected chi connectivity index (χ0v) is 38.2. The first kappa shape index (κ1) is 45.3. The molecular formula is C52H75NO2S2. The van der Waals surface area contributed by atoms with Crippen LogP contribution in [-0.4, -0.2) is 0 Å². The minimum atomic E-state index is 0.372. The molecule has 3 nitrogen and oxygen atoms in total. The summed E-state index contributed by atoms with van der Waals surface area (Å²) in [5.41, 5.74) is 3.05. The molecule has 0 aliphatic heterocycles. The zero-order valence-electron chi connectivity index (χ0n) is 36.6. The summed E-state index contributed by atoms with van der Waals surface area (Å²) < 4.78 is 15.3. The van der Waals surface area contributed by atoms with Gasteiger partial charge in [-0.1, -0.05) is 169 Å². The van der Waals surface area contributed by atoms with Crippen LogP contribution < -0.4 is 0 Å². The van der Waals surface area contributed by atoms with Gasteiger partial charge in [0.15, 0.2) is 0 Å². The molecule has 4 aromatic heterocycles. The minimum Gasteiger partial charge on any atom is -0.479 e. The largest absolute Gasteiger partial charge is 0.479 e. The summed E-state index contributed by atoms with van der Waals surface area (Å²) in [5.74, 6) is 4.72. The molecule has 0 spiro atoms. The Kier molecular flexibility index (Phi) is 19.8. The highest BCUT2D eigenvalue weighted by Gasteiger charge is 2.24. The molecular weight excluding hydrogens is 735 g/mol. The number of hydrogen-bond donors (Lipinski definition) is 0. The molecule has 1 aromatic carbocycles. The molecule has 0 fully saturated rings. The third-order valence-electron chi connectivity index (χ3n) is 12.6. The van der Waals surface area contributed by atoms with Crippen LogP contribution in [0.15, 0.2) is 45.2 Å². The normalized spacial score (nSPS) is 12.9. The quantitative estimate of drug-likeness (QED) is 0.0342. The van der Waals surface area contributed by atoms with E-state index in [1.54, 1.807) is 0 Å². The van der Waals surface area contributed by atoms with Crippen molar-refractivity contribution in [2.45, 2.75) is 202 Å². The van der Waals surface area contributed by atoms with E-state index in [2.05, 4.69) is 63.7 Å². The standard InChI is InChI=1S/C52H75NO2S2/c1-7-11-15-17-19-23-27-40(25-21-13-9-3)30-32-42-44-37-48(46-34-29-39(5)54-46)56-51(44)43(45-38-49(57-52(42)45)47-35-36-50(53-6)55-47)33-31-41(26-22-14-10-4)28-24-20-18-16-12-8-2/h29,34-38,40-41H,7-28,30-33H2,1-5H3. The number of aryl methyl sites for hydroxylation is 3. The SMILES string of the molecule is [C-]#[N+]c1ccc(-c2cc3c(CCC(CCCCC)CCCCCCCC)c4sc(-c5ccc(C)o5)cc4c(CCC(CCCCC)CCCCCCCC)c3s2)o1. The Bertz CT molecular complexity index is 1820. The van der Waals surface area contributed by atoms with E-state index in [0.717, 1.165) is 46.8 Å². The molecule has 0 aliphatic carbocycles. The van der Waals surface area contributed by atoms with Gasteiger partial charge in [-0.3, -0.25) is 0 Å².